The summed E-state index contributed by atoms with van der Waals surface area (Å²) in [5, 5.41) is 3.49. The highest BCUT2D eigenvalue weighted by atomic mass is 16.8. The van der Waals surface area contributed by atoms with Crippen LogP contribution in [-0.4, -0.2) is 24.7 Å². The minimum Gasteiger partial charge on any atom is -0.344 e. The number of ether oxygens (including phenoxy) is 2. The Labute approximate surface area is 65.0 Å². The average molecular weight is 160 g/mol. The zero-order chi connectivity index (χ0) is 8.32. The van der Waals surface area contributed by atoms with Crippen molar-refractivity contribution in [3.63, 3.8) is 0 Å². The SMILES string of the molecule is CC1(C)OCC(=NON)CO1. The van der Waals surface area contributed by atoms with E-state index in [2.05, 4.69) is 10.1 Å². The van der Waals surface area contributed by atoms with E-state index in [1.807, 2.05) is 13.8 Å². The van der Waals surface area contributed by atoms with Crippen LogP contribution >= 0.6 is 0 Å². The van der Waals surface area contributed by atoms with Gasteiger partial charge < -0.3 is 14.4 Å². The van der Waals surface area contributed by atoms with Crippen LogP contribution in [0.25, 0.3) is 0 Å². The lowest BCUT2D eigenvalue weighted by Crippen LogP contribution is -2.39. The zero-order valence-electron chi connectivity index (χ0n) is 6.66. The molecule has 1 saturated heterocycles. The van der Waals surface area contributed by atoms with Crippen LogP contribution in [0.4, 0.5) is 0 Å². The van der Waals surface area contributed by atoms with Crippen LogP contribution in [0.2, 0.25) is 0 Å². The highest BCUT2D eigenvalue weighted by Gasteiger charge is 2.25. The van der Waals surface area contributed by atoms with Crippen molar-refractivity contribution < 1.29 is 14.4 Å². The van der Waals surface area contributed by atoms with Crippen LogP contribution in [0.1, 0.15) is 13.8 Å². The first kappa shape index (κ1) is 8.45. The fourth-order valence-corrected chi connectivity index (χ4v) is 0.725. The van der Waals surface area contributed by atoms with Gasteiger partial charge in [0.15, 0.2) is 5.79 Å². The lowest BCUT2D eigenvalue weighted by Gasteiger charge is -2.30. The van der Waals surface area contributed by atoms with E-state index in [9.17, 15) is 0 Å². The molecule has 0 unspecified atom stereocenters. The van der Waals surface area contributed by atoms with E-state index in [0.717, 1.165) is 0 Å². The fourth-order valence-electron chi connectivity index (χ4n) is 0.725. The van der Waals surface area contributed by atoms with Crippen LogP contribution in [0.3, 0.4) is 0 Å². The van der Waals surface area contributed by atoms with E-state index in [-0.39, 0.29) is 0 Å². The molecule has 1 aliphatic heterocycles. The second-order valence-corrected chi connectivity index (χ2v) is 2.74. The van der Waals surface area contributed by atoms with Gasteiger partial charge in [-0.3, -0.25) is 0 Å². The zero-order valence-corrected chi connectivity index (χ0v) is 6.66. The number of hydrogen-bond donors (Lipinski definition) is 1. The molecule has 0 bridgehead atoms. The first-order valence-electron chi connectivity index (χ1n) is 3.33. The molecule has 0 aromatic rings. The predicted octanol–water partition coefficient (Wildman–Crippen LogP) is 0.0156. The first-order chi connectivity index (χ1) is 5.14. The Balaban J connectivity index is 2.42. The van der Waals surface area contributed by atoms with Crippen LogP contribution < -0.4 is 5.90 Å². The molecular weight excluding hydrogens is 148 g/mol. The Bertz CT molecular complexity index is 155. The topological polar surface area (TPSA) is 66.1 Å². The van der Waals surface area contributed by atoms with Gasteiger partial charge in [0.1, 0.15) is 5.71 Å². The Morgan fingerprint density at radius 1 is 1.45 bits per heavy atom. The molecule has 0 atom stereocenters. The van der Waals surface area contributed by atoms with Crippen molar-refractivity contribution in [1.82, 2.24) is 0 Å². The van der Waals surface area contributed by atoms with Gasteiger partial charge in [0.2, 0.25) is 0 Å². The van der Waals surface area contributed by atoms with E-state index >= 15 is 0 Å². The lowest BCUT2D eigenvalue weighted by atomic mass is 10.3. The van der Waals surface area contributed by atoms with E-state index in [0.29, 0.717) is 18.9 Å². The first-order valence-corrected chi connectivity index (χ1v) is 3.33. The van der Waals surface area contributed by atoms with Crippen molar-refractivity contribution >= 4 is 5.71 Å². The van der Waals surface area contributed by atoms with Crippen molar-refractivity contribution in [1.29, 1.82) is 0 Å². The fraction of sp³-hybridized carbons (Fsp3) is 0.833. The molecule has 0 aromatic heterocycles. The molecule has 0 aliphatic carbocycles. The quantitative estimate of drug-likeness (QED) is 0.549. The van der Waals surface area contributed by atoms with Crippen molar-refractivity contribution in [2.75, 3.05) is 13.2 Å². The molecule has 64 valence electrons. The van der Waals surface area contributed by atoms with Crippen LogP contribution in [0.5, 0.6) is 0 Å². The Hall–Kier alpha value is -0.650. The third kappa shape index (κ3) is 2.45. The van der Waals surface area contributed by atoms with Crippen LogP contribution in [0.15, 0.2) is 5.16 Å². The molecule has 0 aromatic carbocycles. The molecular formula is C6H12N2O3. The van der Waals surface area contributed by atoms with Gasteiger partial charge in [0.05, 0.1) is 13.2 Å². The van der Waals surface area contributed by atoms with Gasteiger partial charge in [-0.25, -0.2) is 0 Å². The highest BCUT2D eigenvalue weighted by Crippen LogP contribution is 2.15. The third-order valence-electron chi connectivity index (χ3n) is 1.35. The van der Waals surface area contributed by atoms with E-state index in [1.54, 1.807) is 0 Å². The van der Waals surface area contributed by atoms with Crippen molar-refractivity contribution in [2.45, 2.75) is 19.6 Å². The number of hydrogen-bond acceptors (Lipinski definition) is 5. The van der Waals surface area contributed by atoms with Gasteiger partial charge in [-0.2, -0.15) is 0 Å². The van der Waals surface area contributed by atoms with E-state index in [4.69, 9.17) is 15.4 Å². The number of rotatable bonds is 1. The monoisotopic (exact) mass is 160 g/mol. The molecule has 0 radical (unpaired) electrons. The summed E-state index contributed by atoms with van der Waals surface area (Å²) in [7, 11) is 0. The van der Waals surface area contributed by atoms with Gasteiger partial charge in [0, 0.05) is 0 Å². The van der Waals surface area contributed by atoms with Gasteiger partial charge in [-0.15, -0.1) is 5.90 Å². The molecule has 0 spiro atoms. The molecule has 1 fully saturated rings. The van der Waals surface area contributed by atoms with Crippen molar-refractivity contribution in [2.24, 2.45) is 11.1 Å². The third-order valence-corrected chi connectivity index (χ3v) is 1.35. The summed E-state index contributed by atoms with van der Waals surface area (Å²) >= 11 is 0. The average Bonchev–Trinajstić information content (AvgIpc) is 1.94. The van der Waals surface area contributed by atoms with Gasteiger partial charge in [-0.05, 0) is 13.8 Å². The summed E-state index contributed by atoms with van der Waals surface area (Å²) in [6.45, 7) is 4.49. The maximum Gasteiger partial charge on any atom is 0.163 e. The Morgan fingerprint density at radius 3 is 2.45 bits per heavy atom. The minimum absolute atomic E-state index is 0.407. The van der Waals surface area contributed by atoms with E-state index in [1.165, 1.54) is 0 Å². The standard InChI is InChI=1S/C6H12N2O3/c1-6(2)9-3-5(4-10-6)8-11-7/h3-4,7H2,1-2H3. The summed E-state index contributed by atoms with van der Waals surface area (Å²) in [5.74, 6) is 4.21. The van der Waals surface area contributed by atoms with E-state index < -0.39 is 5.79 Å². The van der Waals surface area contributed by atoms with Crippen LogP contribution in [-0.2, 0) is 14.4 Å². The Kier molecular flexibility index (Phi) is 2.43. The highest BCUT2D eigenvalue weighted by molar-refractivity contribution is 5.86. The predicted molar refractivity (Wildman–Crippen MR) is 38.7 cm³/mol. The molecule has 11 heavy (non-hydrogen) atoms. The molecule has 2 N–H and O–H groups in total. The maximum atomic E-state index is 5.24. The Morgan fingerprint density at radius 2 is 2.00 bits per heavy atom. The summed E-state index contributed by atoms with van der Waals surface area (Å²) in [6.07, 6.45) is 0. The molecule has 0 amide bonds. The van der Waals surface area contributed by atoms with Crippen molar-refractivity contribution in [3.8, 4) is 0 Å². The normalized spacial score (nSPS) is 23.0. The molecule has 5 heteroatoms. The van der Waals surface area contributed by atoms with Gasteiger partial charge >= 0.3 is 0 Å². The summed E-state index contributed by atoms with van der Waals surface area (Å²) in [4.78, 5) is 4.08. The molecule has 0 saturated carbocycles. The smallest absolute Gasteiger partial charge is 0.163 e. The molecule has 5 nitrogen and oxygen atoms in total. The lowest BCUT2D eigenvalue weighted by molar-refractivity contribution is -0.211. The number of nitrogens with zero attached hydrogens (tertiary/aromatic N) is 1. The second kappa shape index (κ2) is 3.17. The summed E-state index contributed by atoms with van der Waals surface area (Å²) in [6, 6.07) is 0. The number of oxime groups is 1. The summed E-state index contributed by atoms with van der Waals surface area (Å²) < 4.78 is 10.5. The molecule has 1 heterocycles. The van der Waals surface area contributed by atoms with Gasteiger partial charge in [0.25, 0.3) is 0 Å². The van der Waals surface area contributed by atoms with Crippen LogP contribution in [0, 0.1) is 0 Å². The summed E-state index contributed by atoms with van der Waals surface area (Å²) in [5.41, 5.74) is 0.659. The number of nitrogens with two attached hydrogens (primary N) is 1. The molecule has 1 aliphatic rings. The molecule has 1 rings (SSSR count). The minimum atomic E-state index is -0.520. The largest absolute Gasteiger partial charge is 0.344 e. The second-order valence-electron chi connectivity index (χ2n) is 2.74. The maximum absolute atomic E-state index is 5.24. The van der Waals surface area contributed by atoms with Gasteiger partial charge in [-0.1, -0.05) is 5.16 Å². The van der Waals surface area contributed by atoms with Crippen molar-refractivity contribution in [3.05, 3.63) is 0 Å².